The van der Waals surface area contributed by atoms with Gasteiger partial charge in [-0.05, 0) is 0 Å². The van der Waals surface area contributed by atoms with Crippen molar-refractivity contribution < 1.29 is 0 Å². The first-order valence-corrected chi connectivity index (χ1v) is 4.73. The summed E-state index contributed by atoms with van der Waals surface area (Å²) in [5.41, 5.74) is 7.62. The molecule has 0 aliphatic carbocycles. The molecule has 0 bridgehead atoms. The summed E-state index contributed by atoms with van der Waals surface area (Å²) >= 11 is 0. The van der Waals surface area contributed by atoms with Crippen molar-refractivity contribution in [2.45, 2.75) is 26.2 Å². The van der Waals surface area contributed by atoms with Gasteiger partial charge in [0, 0.05) is 17.8 Å². The Balaban J connectivity index is 2.83. The third kappa shape index (κ3) is 1.72. The molecule has 2 N–H and O–H groups in total. The maximum Gasteiger partial charge on any atom is 0.222 e. The maximum absolute atomic E-state index is 5.63. The molecule has 15 heavy (non-hydrogen) atoms. The van der Waals surface area contributed by atoms with E-state index in [2.05, 4.69) is 40.7 Å². The van der Waals surface area contributed by atoms with Gasteiger partial charge < -0.3 is 5.73 Å². The summed E-state index contributed by atoms with van der Waals surface area (Å²) < 4.78 is 0. The van der Waals surface area contributed by atoms with Crippen LogP contribution in [-0.2, 0) is 5.41 Å². The van der Waals surface area contributed by atoms with E-state index < -0.39 is 0 Å². The third-order valence-electron chi connectivity index (χ3n) is 2.06. The van der Waals surface area contributed by atoms with E-state index in [4.69, 9.17) is 5.73 Å². The van der Waals surface area contributed by atoms with Crippen LogP contribution >= 0.6 is 0 Å². The van der Waals surface area contributed by atoms with Crippen molar-refractivity contribution in [2.24, 2.45) is 0 Å². The molecule has 0 saturated heterocycles. The van der Waals surface area contributed by atoms with Crippen molar-refractivity contribution in [3.63, 3.8) is 0 Å². The van der Waals surface area contributed by atoms with Crippen LogP contribution in [-0.4, -0.2) is 19.9 Å². The Bertz CT molecular complexity index is 501. The minimum atomic E-state index is -0.120. The molecule has 2 aromatic heterocycles. The van der Waals surface area contributed by atoms with E-state index in [-0.39, 0.29) is 11.4 Å². The lowest BCUT2D eigenvalue weighted by Gasteiger charge is -2.18. The predicted octanol–water partition coefficient (Wildman–Crippen LogP) is 1.30. The van der Waals surface area contributed by atoms with Gasteiger partial charge in [-0.15, -0.1) is 0 Å². The van der Waals surface area contributed by atoms with Gasteiger partial charge in [-0.1, -0.05) is 20.8 Å². The van der Waals surface area contributed by atoms with E-state index in [1.807, 2.05) is 0 Å². The van der Waals surface area contributed by atoms with Crippen LogP contribution in [0.15, 0.2) is 12.4 Å². The second kappa shape index (κ2) is 3.12. The Morgan fingerprint density at radius 2 is 1.73 bits per heavy atom. The van der Waals surface area contributed by atoms with E-state index in [1.165, 1.54) is 0 Å². The Morgan fingerprint density at radius 3 is 2.40 bits per heavy atom. The highest BCUT2D eigenvalue weighted by atomic mass is 15.1. The van der Waals surface area contributed by atoms with Crippen LogP contribution in [0.3, 0.4) is 0 Å². The fourth-order valence-electron chi connectivity index (χ4n) is 1.40. The van der Waals surface area contributed by atoms with Crippen molar-refractivity contribution in [1.82, 2.24) is 19.9 Å². The number of hydrogen-bond donors (Lipinski definition) is 1. The molecule has 0 fully saturated rings. The molecule has 0 amide bonds. The van der Waals surface area contributed by atoms with Crippen molar-refractivity contribution in [1.29, 1.82) is 0 Å². The van der Waals surface area contributed by atoms with E-state index in [1.54, 1.807) is 12.4 Å². The minimum Gasteiger partial charge on any atom is -0.368 e. The summed E-state index contributed by atoms with van der Waals surface area (Å²) in [5, 5.41) is 0. The topological polar surface area (TPSA) is 77.6 Å². The first kappa shape index (κ1) is 9.76. The molecule has 2 aromatic rings. The van der Waals surface area contributed by atoms with Crippen LogP contribution < -0.4 is 5.73 Å². The quantitative estimate of drug-likeness (QED) is 0.698. The first-order valence-electron chi connectivity index (χ1n) is 4.73. The van der Waals surface area contributed by atoms with Gasteiger partial charge in [0.2, 0.25) is 5.95 Å². The van der Waals surface area contributed by atoms with Gasteiger partial charge in [0.25, 0.3) is 0 Å². The molecule has 0 radical (unpaired) electrons. The zero-order valence-corrected chi connectivity index (χ0v) is 9.02. The number of hydrogen-bond acceptors (Lipinski definition) is 5. The molecule has 5 nitrogen and oxygen atoms in total. The van der Waals surface area contributed by atoms with Crippen LogP contribution in [0.4, 0.5) is 5.95 Å². The molecule has 0 aromatic carbocycles. The predicted molar refractivity (Wildman–Crippen MR) is 58.2 cm³/mol. The summed E-state index contributed by atoms with van der Waals surface area (Å²) in [5.74, 6) is 0.243. The van der Waals surface area contributed by atoms with Crippen LogP contribution in [0, 0.1) is 0 Å². The van der Waals surface area contributed by atoms with Gasteiger partial charge in [-0.25, -0.2) is 15.0 Å². The number of anilines is 1. The minimum absolute atomic E-state index is 0.120. The normalized spacial score (nSPS) is 11.9. The third-order valence-corrected chi connectivity index (χ3v) is 2.06. The lowest BCUT2D eigenvalue weighted by molar-refractivity contribution is 0.573. The lowest BCUT2D eigenvalue weighted by atomic mass is 9.91. The second-order valence-electron chi connectivity index (χ2n) is 4.41. The molecule has 78 valence electrons. The van der Waals surface area contributed by atoms with Gasteiger partial charge in [-0.3, -0.25) is 0 Å². The molecule has 0 atom stereocenters. The fraction of sp³-hybridized carbons (Fsp3) is 0.400. The maximum atomic E-state index is 5.63. The number of nitrogens with two attached hydrogens (primary N) is 1. The number of nitrogen functional groups attached to an aromatic ring is 1. The van der Waals surface area contributed by atoms with Gasteiger partial charge >= 0.3 is 0 Å². The first-order chi connectivity index (χ1) is 6.98. The molecule has 5 heteroatoms. The van der Waals surface area contributed by atoms with E-state index in [0.717, 1.165) is 11.2 Å². The summed E-state index contributed by atoms with van der Waals surface area (Å²) in [4.78, 5) is 16.6. The molecular formula is C10H13N5. The number of nitrogens with zero attached hydrogens (tertiary/aromatic N) is 4. The van der Waals surface area contributed by atoms with E-state index >= 15 is 0 Å². The van der Waals surface area contributed by atoms with Gasteiger partial charge in [0.1, 0.15) is 5.52 Å². The Labute approximate surface area is 87.8 Å². The highest BCUT2D eigenvalue weighted by Crippen LogP contribution is 2.25. The van der Waals surface area contributed by atoms with Gasteiger partial charge in [-0.2, -0.15) is 4.98 Å². The van der Waals surface area contributed by atoms with E-state index in [9.17, 15) is 0 Å². The molecule has 0 unspecified atom stereocenters. The summed E-state index contributed by atoms with van der Waals surface area (Å²) in [6.45, 7) is 6.18. The van der Waals surface area contributed by atoms with Gasteiger partial charge in [0.15, 0.2) is 5.65 Å². The largest absolute Gasteiger partial charge is 0.368 e. The van der Waals surface area contributed by atoms with Crippen molar-refractivity contribution in [3.8, 4) is 0 Å². The van der Waals surface area contributed by atoms with Crippen LogP contribution in [0.25, 0.3) is 11.2 Å². The van der Waals surface area contributed by atoms with Crippen molar-refractivity contribution >= 4 is 17.1 Å². The molecular weight excluding hydrogens is 190 g/mol. The van der Waals surface area contributed by atoms with Crippen LogP contribution in [0.2, 0.25) is 0 Å². The monoisotopic (exact) mass is 203 g/mol. The lowest BCUT2D eigenvalue weighted by Crippen LogP contribution is -2.17. The zero-order chi connectivity index (χ0) is 11.1. The molecule has 0 spiro atoms. The fourth-order valence-corrected chi connectivity index (χ4v) is 1.40. The highest BCUT2D eigenvalue weighted by molar-refractivity contribution is 5.74. The summed E-state index contributed by atoms with van der Waals surface area (Å²) in [6.07, 6.45) is 3.23. The highest BCUT2D eigenvalue weighted by Gasteiger charge is 2.21. The number of fused-ring (bicyclic) bond motifs is 1. The molecule has 2 rings (SSSR count). The Kier molecular flexibility index (Phi) is 2.03. The average molecular weight is 203 g/mol. The second-order valence-corrected chi connectivity index (χ2v) is 4.41. The van der Waals surface area contributed by atoms with Crippen LogP contribution in [0.1, 0.15) is 26.5 Å². The molecule has 0 aliphatic heterocycles. The Morgan fingerprint density at radius 1 is 1.07 bits per heavy atom. The summed E-state index contributed by atoms with van der Waals surface area (Å²) in [7, 11) is 0. The molecule has 0 aliphatic rings. The van der Waals surface area contributed by atoms with Gasteiger partial charge in [0.05, 0.1) is 5.69 Å². The molecule has 0 saturated carbocycles. The van der Waals surface area contributed by atoms with E-state index in [0.29, 0.717) is 5.65 Å². The zero-order valence-electron chi connectivity index (χ0n) is 9.02. The summed E-state index contributed by atoms with van der Waals surface area (Å²) in [6, 6.07) is 0. The average Bonchev–Trinajstić information content (AvgIpc) is 2.15. The Hall–Kier alpha value is -1.78. The molecule has 2 heterocycles. The number of aromatic nitrogens is 4. The number of rotatable bonds is 0. The van der Waals surface area contributed by atoms with Crippen molar-refractivity contribution in [2.75, 3.05) is 5.73 Å². The standard InChI is InChI=1S/C10H13N5/c1-10(2,3)7-6-8(13-5-4-12-6)15-9(11)14-7/h4-5H,1-3H3,(H2,11,13,14,15). The SMILES string of the molecule is CC(C)(C)c1nc(N)nc2nccnc12. The van der Waals surface area contributed by atoms with Crippen LogP contribution in [0.5, 0.6) is 0 Å². The van der Waals surface area contributed by atoms with Crippen molar-refractivity contribution in [3.05, 3.63) is 18.1 Å². The smallest absolute Gasteiger partial charge is 0.222 e.